The fourth-order valence-electron chi connectivity index (χ4n) is 3.02. The number of aromatic nitrogens is 1. The van der Waals surface area contributed by atoms with E-state index in [0.29, 0.717) is 0 Å². The van der Waals surface area contributed by atoms with Crippen molar-refractivity contribution < 1.29 is 4.79 Å². The van der Waals surface area contributed by atoms with E-state index >= 15 is 0 Å². The van der Waals surface area contributed by atoms with E-state index < -0.39 is 0 Å². The standard InChI is InChI=1S/C19H23N3O/c1-14-6-5-9-16(12-14)21-18-11-10-17(13-20-18)22-19(23)15-7-3-2-4-8-15/h5-6,9-13,15H,2-4,7-8H2,1H3,(H,20,21)(H,22,23). The minimum Gasteiger partial charge on any atom is -0.340 e. The van der Waals surface area contributed by atoms with Crippen LogP contribution < -0.4 is 10.6 Å². The molecule has 3 rings (SSSR count). The minimum absolute atomic E-state index is 0.130. The molecule has 23 heavy (non-hydrogen) atoms. The second kappa shape index (κ2) is 7.27. The number of carbonyl (C=O) groups excluding carboxylic acids is 1. The van der Waals surface area contributed by atoms with Crippen molar-refractivity contribution in [2.45, 2.75) is 39.0 Å². The molecule has 0 aliphatic heterocycles. The molecule has 4 nitrogen and oxygen atoms in total. The zero-order valence-electron chi connectivity index (χ0n) is 13.5. The average molecular weight is 309 g/mol. The number of amides is 1. The molecule has 1 aromatic heterocycles. The lowest BCUT2D eigenvalue weighted by atomic mass is 9.88. The third-order valence-corrected chi connectivity index (χ3v) is 4.30. The van der Waals surface area contributed by atoms with Crippen LogP contribution in [-0.4, -0.2) is 10.9 Å². The number of anilines is 3. The topological polar surface area (TPSA) is 54.0 Å². The van der Waals surface area contributed by atoms with Crippen LogP contribution >= 0.6 is 0 Å². The monoisotopic (exact) mass is 309 g/mol. The van der Waals surface area contributed by atoms with Crippen LogP contribution in [0.4, 0.5) is 17.2 Å². The van der Waals surface area contributed by atoms with Gasteiger partial charge in [-0.1, -0.05) is 31.4 Å². The molecular weight excluding hydrogens is 286 g/mol. The molecule has 1 amide bonds. The van der Waals surface area contributed by atoms with Gasteiger partial charge in [0.25, 0.3) is 0 Å². The molecule has 0 unspecified atom stereocenters. The quantitative estimate of drug-likeness (QED) is 0.864. The van der Waals surface area contributed by atoms with E-state index in [1.54, 1.807) is 6.20 Å². The molecule has 1 aromatic carbocycles. The van der Waals surface area contributed by atoms with Gasteiger partial charge in [0.1, 0.15) is 5.82 Å². The van der Waals surface area contributed by atoms with Crippen molar-refractivity contribution in [3.8, 4) is 0 Å². The van der Waals surface area contributed by atoms with Crippen LogP contribution in [0.25, 0.3) is 0 Å². The van der Waals surface area contributed by atoms with Gasteiger partial charge >= 0.3 is 0 Å². The molecule has 2 aromatic rings. The van der Waals surface area contributed by atoms with Gasteiger partial charge in [-0.3, -0.25) is 4.79 Å². The van der Waals surface area contributed by atoms with Crippen LogP contribution in [0.1, 0.15) is 37.7 Å². The van der Waals surface area contributed by atoms with Crippen molar-refractivity contribution in [1.82, 2.24) is 4.98 Å². The van der Waals surface area contributed by atoms with E-state index in [1.807, 2.05) is 24.3 Å². The lowest BCUT2D eigenvalue weighted by Gasteiger charge is -2.20. The van der Waals surface area contributed by atoms with Crippen molar-refractivity contribution in [3.63, 3.8) is 0 Å². The molecule has 1 saturated carbocycles. The first-order chi connectivity index (χ1) is 11.2. The second-order valence-corrected chi connectivity index (χ2v) is 6.25. The summed E-state index contributed by atoms with van der Waals surface area (Å²) in [5, 5.41) is 6.25. The zero-order valence-corrected chi connectivity index (χ0v) is 13.5. The molecule has 1 aliphatic carbocycles. The highest BCUT2D eigenvalue weighted by molar-refractivity contribution is 5.92. The van der Waals surface area contributed by atoms with Crippen LogP contribution in [0.2, 0.25) is 0 Å². The van der Waals surface area contributed by atoms with Crippen molar-refractivity contribution in [3.05, 3.63) is 48.2 Å². The summed E-state index contributed by atoms with van der Waals surface area (Å²) in [4.78, 5) is 16.6. The van der Waals surface area contributed by atoms with Gasteiger partial charge in [-0.25, -0.2) is 4.98 Å². The number of nitrogens with one attached hydrogen (secondary N) is 2. The number of benzene rings is 1. The third kappa shape index (κ3) is 4.31. The molecule has 0 spiro atoms. The Kier molecular flexibility index (Phi) is 4.91. The molecule has 1 heterocycles. The Morgan fingerprint density at radius 1 is 1.09 bits per heavy atom. The number of aryl methyl sites for hydroxylation is 1. The lowest BCUT2D eigenvalue weighted by molar-refractivity contribution is -0.120. The highest BCUT2D eigenvalue weighted by Crippen LogP contribution is 2.25. The Hall–Kier alpha value is -2.36. The number of pyridine rings is 1. The summed E-state index contributed by atoms with van der Waals surface area (Å²) in [6.45, 7) is 2.06. The lowest BCUT2D eigenvalue weighted by Crippen LogP contribution is -2.24. The summed E-state index contributed by atoms with van der Waals surface area (Å²) in [6, 6.07) is 11.9. The van der Waals surface area contributed by atoms with Crippen molar-refractivity contribution in [2.24, 2.45) is 5.92 Å². The Morgan fingerprint density at radius 3 is 2.61 bits per heavy atom. The van der Waals surface area contributed by atoms with Crippen molar-refractivity contribution in [2.75, 3.05) is 10.6 Å². The van der Waals surface area contributed by atoms with Crippen LogP contribution in [0.3, 0.4) is 0 Å². The molecule has 0 bridgehead atoms. The first-order valence-electron chi connectivity index (χ1n) is 8.31. The van der Waals surface area contributed by atoms with Crippen molar-refractivity contribution in [1.29, 1.82) is 0 Å². The number of hydrogen-bond acceptors (Lipinski definition) is 3. The highest BCUT2D eigenvalue weighted by Gasteiger charge is 2.20. The summed E-state index contributed by atoms with van der Waals surface area (Å²) in [5.41, 5.74) is 2.97. The Morgan fingerprint density at radius 2 is 1.91 bits per heavy atom. The van der Waals surface area contributed by atoms with Gasteiger partial charge in [0.2, 0.25) is 5.91 Å². The maximum atomic E-state index is 12.2. The molecule has 4 heteroatoms. The first kappa shape index (κ1) is 15.5. The van der Waals surface area contributed by atoms with Gasteiger partial charge in [0.05, 0.1) is 11.9 Å². The van der Waals surface area contributed by atoms with Gasteiger partial charge in [0, 0.05) is 11.6 Å². The van der Waals surface area contributed by atoms with Gasteiger partial charge in [-0.15, -0.1) is 0 Å². The normalized spacial score (nSPS) is 15.2. The zero-order chi connectivity index (χ0) is 16.1. The maximum absolute atomic E-state index is 12.2. The van der Waals surface area contributed by atoms with Gasteiger partial charge in [-0.2, -0.15) is 0 Å². The molecule has 0 radical (unpaired) electrons. The summed E-state index contributed by atoms with van der Waals surface area (Å²) >= 11 is 0. The van der Waals surface area contributed by atoms with E-state index in [9.17, 15) is 4.79 Å². The van der Waals surface area contributed by atoms with Crippen LogP contribution in [-0.2, 0) is 4.79 Å². The predicted octanol–water partition coefficient (Wildman–Crippen LogP) is 4.65. The SMILES string of the molecule is Cc1cccc(Nc2ccc(NC(=O)C3CCCCC3)cn2)c1. The predicted molar refractivity (Wildman–Crippen MR) is 93.9 cm³/mol. The maximum Gasteiger partial charge on any atom is 0.227 e. The molecule has 1 fully saturated rings. The van der Waals surface area contributed by atoms with E-state index in [1.165, 1.54) is 12.0 Å². The molecule has 120 valence electrons. The molecule has 0 atom stereocenters. The Labute approximate surface area is 137 Å². The minimum atomic E-state index is 0.130. The summed E-state index contributed by atoms with van der Waals surface area (Å²) < 4.78 is 0. The highest BCUT2D eigenvalue weighted by atomic mass is 16.1. The van der Waals surface area contributed by atoms with Gasteiger partial charge in [0.15, 0.2) is 0 Å². The largest absolute Gasteiger partial charge is 0.340 e. The summed E-state index contributed by atoms with van der Waals surface area (Å²) in [7, 11) is 0. The van der Waals surface area contributed by atoms with E-state index in [2.05, 4.69) is 34.7 Å². The van der Waals surface area contributed by atoms with Crippen molar-refractivity contribution >= 4 is 23.1 Å². The van der Waals surface area contributed by atoms with Crippen LogP contribution in [0.5, 0.6) is 0 Å². The fourth-order valence-corrected chi connectivity index (χ4v) is 3.02. The second-order valence-electron chi connectivity index (χ2n) is 6.25. The number of carbonyl (C=O) groups is 1. The van der Waals surface area contributed by atoms with E-state index in [4.69, 9.17) is 0 Å². The number of rotatable bonds is 4. The summed E-state index contributed by atoms with van der Waals surface area (Å²) in [5.74, 6) is 1.06. The Balaban J connectivity index is 1.59. The van der Waals surface area contributed by atoms with Gasteiger partial charge in [-0.05, 0) is 49.6 Å². The van der Waals surface area contributed by atoms with E-state index in [0.717, 1.165) is 42.9 Å². The average Bonchev–Trinajstić information content (AvgIpc) is 2.57. The molecule has 1 aliphatic rings. The molecular formula is C19H23N3O. The third-order valence-electron chi connectivity index (χ3n) is 4.30. The van der Waals surface area contributed by atoms with Crippen LogP contribution in [0, 0.1) is 12.8 Å². The smallest absolute Gasteiger partial charge is 0.227 e. The Bertz CT molecular complexity index is 661. The fraction of sp³-hybridized carbons (Fsp3) is 0.368. The molecule has 2 N–H and O–H groups in total. The number of hydrogen-bond donors (Lipinski definition) is 2. The van der Waals surface area contributed by atoms with E-state index in [-0.39, 0.29) is 11.8 Å². The number of nitrogens with zero attached hydrogens (tertiary/aromatic N) is 1. The molecule has 0 saturated heterocycles. The first-order valence-corrected chi connectivity index (χ1v) is 8.31. The van der Waals surface area contributed by atoms with Gasteiger partial charge < -0.3 is 10.6 Å². The van der Waals surface area contributed by atoms with Crippen LogP contribution in [0.15, 0.2) is 42.6 Å². The summed E-state index contributed by atoms with van der Waals surface area (Å²) in [6.07, 6.45) is 7.30.